The number of benzene rings is 1. The van der Waals surface area contributed by atoms with E-state index < -0.39 is 0 Å². The highest BCUT2D eigenvalue weighted by atomic mass is 16.2. The van der Waals surface area contributed by atoms with E-state index in [9.17, 15) is 14.4 Å². The standard InChI is InChI=1S/C17H23N3O3/c1-11(21)18-13-6-5-7-14(9-13)19-16(23)12-8-15(22)20(10-12)17(2,3)4/h5-7,9,12H,8,10H2,1-4H3,(H,18,21)(H,19,23)/t12-/m0/s1. The summed E-state index contributed by atoms with van der Waals surface area (Å²) in [4.78, 5) is 37.3. The Morgan fingerprint density at radius 3 is 2.30 bits per heavy atom. The van der Waals surface area contributed by atoms with Gasteiger partial charge in [-0.15, -0.1) is 0 Å². The van der Waals surface area contributed by atoms with Gasteiger partial charge in [0.25, 0.3) is 0 Å². The Bertz CT molecular complexity index is 634. The van der Waals surface area contributed by atoms with Crippen LogP contribution in [0.2, 0.25) is 0 Å². The summed E-state index contributed by atoms with van der Waals surface area (Å²) in [6.07, 6.45) is 0.231. The Labute approximate surface area is 136 Å². The summed E-state index contributed by atoms with van der Waals surface area (Å²) in [5, 5.41) is 5.49. The van der Waals surface area contributed by atoms with Gasteiger partial charge in [0.2, 0.25) is 17.7 Å². The maximum atomic E-state index is 12.4. The van der Waals surface area contributed by atoms with Crippen LogP contribution in [-0.4, -0.2) is 34.7 Å². The molecule has 0 aliphatic carbocycles. The number of likely N-dealkylation sites (tertiary alicyclic amines) is 1. The van der Waals surface area contributed by atoms with E-state index >= 15 is 0 Å². The van der Waals surface area contributed by atoms with Gasteiger partial charge < -0.3 is 15.5 Å². The van der Waals surface area contributed by atoms with Crippen LogP contribution in [0, 0.1) is 5.92 Å². The van der Waals surface area contributed by atoms with Crippen LogP contribution in [-0.2, 0) is 14.4 Å². The molecule has 6 nitrogen and oxygen atoms in total. The number of carbonyl (C=O) groups is 3. The highest BCUT2D eigenvalue weighted by Crippen LogP contribution is 2.27. The van der Waals surface area contributed by atoms with Gasteiger partial charge in [-0.25, -0.2) is 0 Å². The second-order valence-corrected chi connectivity index (χ2v) is 6.83. The lowest BCUT2D eigenvalue weighted by Gasteiger charge is -2.31. The van der Waals surface area contributed by atoms with Crippen molar-refractivity contribution in [2.75, 3.05) is 17.2 Å². The second-order valence-electron chi connectivity index (χ2n) is 6.83. The molecule has 6 heteroatoms. The molecule has 2 rings (SSSR count). The Morgan fingerprint density at radius 2 is 1.78 bits per heavy atom. The molecule has 1 aliphatic heterocycles. The number of nitrogens with zero attached hydrogens (tertiary/aromatic N) is 1. The molecule has 0 aromatic heterocycles. The van der Waals surface area contributed by atoms with E-state index in [0.29, 0.717) is 17.9 Å². The number of hydrogen-bond donors (Lipinski definition) is 2. The largest absolute Gasteiger partial charge is 0.337 e. The summed E-state index contributed by atoms with van der Waals surface area (Å²) < 4.78 is 0. The zero-order chi connectivity index (χ0) is 17.2. The van der Waals surface area contributed by atoms with Gasteiger partial charge in [-0.2, -0.15) is 0 Å². The van der Waals surface area contributed by atoms with Crippen molar-refractivity contribution in [2.24, 2.45) is 5.92 Å². The van der Waals surface area contributed by atoms with Crippen molar-refractivity contribution >= 4 is 29.1 Å². The van der Waals surface area contributed by atoms with Crippen LogP contribution in [0.4, 0.5) is 11.4 Å². The van der Waals surface area contributed by atoms with Crippen LogP contribution >= 0.6 is 0 Å². The molecule has 2 N–H and O–H groups in total. The van der Waals surface area contributed by atoms with Crippen molar-refractivity contribution in [3.8, 4) is 0 Å². The molecule has 0 radical (unpaired) electrons. The summed E-state index contributed by atoms with van der Waals surface area (Å²) in [5.74, 6) is -0.698. The number of rotatable bonds is 3. The summed E-state index contributed by atoms with van der Waals surface area (Å²) in [5.41, 5.74) is 0.939. The number of anilines is 2. The summed E-state index contributed by atoms with van der Waals surface area (Å²) in [7, 11) is 0. The monoisotopic (exact) mass is 317 g/mol. The fourth-order valence-electron chi connectivity index (χ4n) is 2.65. The molecule has 124 valence electrons. The Hall–Kier alpha value is -2.37. The van der Waals surface area contributed by atoms with E-state index in [1.165, 1.54) is 6.92 Å². The molecule has 0 bridgehead atoms. The predicted molar refractivity (Wildman–Crippen MR) is 88.9 cm³/mol. The first-order valence-corrected chi connectivity index (χ1v) is 7.66. The van der Waals surface area contributed by atoms with Gasteiger partial charge in [0.15, 0.2) is 0 Å². The number of amides is 3. The fourth-order valence-corrected chi connectivity index (χ4v) is 2.65. The molecule has 23 heavy (non-hydrogen) atoms. The van der Waals surface area contributed by atoms with Crippen molar-refractivity contribution in [1.82, 2.24) is 4.90 Å². The molecule has 1 aromatic rings. The SMILES string of the molecule is CC(=O)Nc1cccc(NC(=O)[C@H]2CC(=O)N(C(C)(C)C)C2)c1. The minimum absolute atomic E-state index is 0.00430. The third-order valence-electron chi connectivity index (χ3n) is 3.76. The van der Waals surface area contributed by atoms with Gasteiger partial charge in [0.1, 0.15) is 0 Å². The molecule has 0 spiro atoms. The molecule has 1 atom stereocenters. The average molecular weight is 317 g/mol. The van der Waals surface area contributed by atoms with Crippen molar-refractivity contribution in [3.05, 3.63) is 24.3 Å². The summed E-state index contributed by atoms with van der Waals surface area (Å²) >= 11 is 0. The molecule has 0 unspecified atom stereocenters. The van der Waals surface area contributed by atoms with E-state index in [-0.39, 0.29) is 35.6 Å². The number of carbonyl (C=O) groups excluding carboxylic acids is 3. The average Bonchev–Trinajstić information content (AvgIpc) is 2.80. The third-order valence-corrected chi connectivity index (χ3v) is 3.76. The summed E-state index contributed by atoms with van der Waals surface area (Å²) in [6.45, 7) is 7.74. The molecular formula is C17H23N3O3. The van der Waals surface area contributed by atoms with Crippen LogP contribution in [0.3, 0.4) is 0 Å². The van der Waals surface area contributed by atoms with Crippen molar-refractivity contribution < 1.29 is 14.4 Å². The molecule has 3 amide bonds. The normalized spacial score (nSPS) is 18.0. The first-order chi connectivity index (χ1) is 10.7. The lowest BCUT2D eigenvalue weighted by Crippen LogP contribution is -2.42. The van der Waals surface area contributed by atoms with E-state index in [1.807, 2.05) is 20.8 Å². The minimum Gasteiger partial charge on any atom is -0.337 e. The molecular weight excluding hydrogens is 294 g/mol. The summed E-state index contributed by atoms with van der Waals surface area (Å²) in [6, 6.07) is 6.94. The smallest absolute Gasteiger partial charge is 0.229 e. The lowest BCUT2D eigenvalue weighted by molar-refractivity contribution is -0.131. The van der Waals surface area contributed by atoms with Crippen molar-refractivity contribution in [3.63, 3.8) is 0 Å². The molecule has 1 heterocycles. The zero-order valence-electron chi connectivity index (χ0n) is 14.0. The maximum Gasteiger partial charge on any atom is 0.229 e. The van der Waals surface area contributed by atoms with E-state index in [1.54, 1.807) is 29.2 Å². The Balaban J connectivity index is 2.03. The van der Waals surface area contributed by atoms with E-state index in [0.717, 1.165) is 0 Å². The number of hydrogen-bond acceptors (Lipinski definition) is 3. The van der Waals surface area contributed by atoms with Crippen LogP contribution in [0.1, 0.15) is 34.1 Å². The predicted octanol–water partition coefficient (Wildman–Crippen LogP) is 2.23. The molecule has 1 saturated heterocycles. The first-order valence-electron chi connectivity index (χ1n) is 7.66. The number of nitrogens with one attached hydrogen (secondary N) is 2. The van der Waals surface area contributed by atoms with E-state index in [2.05, 4.69) is 10.6 Å². The van der Waals surface area contributed by atoms with Gasteiger partial charge in [-0.1, -0.05) is 6.07 Å². The maximum absolute atomic E-state index is 12.4. The topological polar surface area (TPSA) is 78.5 Å². The third kappa shape index (κ3) is 4.31. The first kappa shape index (κ1) is 17.0. The van der Waals surface area contributed by atoms with Crippen molar-refractivity contribution in [1.29, 1.82) is 0 Å². The van der Waals surface area contributed by atoms with Crippen LogP contribution < -0.4 is 10.6 Å². The van der Waals surface area contributed by atoms with Gasteiger partial charge >= 0.3 is 0 Å². The Kier molecular flexibility index (Phi) is 4.73. The Morgan fingerprint density at radius 1 is 1.17 bits per heavy atom. The van der Waals surface area contributed by atoms with Crippen LogP contribution in [0.15, 0.2) is 24.3 Å². The van der Waals surface area contributed by atoms with Gasteiger partial charge in [-0.3, -0.25) is 14.4 Å². The molecule has 0 saturated carbocycles. The van der Waals surface area contributed by atoms with Gasteiger partial charge in [-0.05, 0) is 39.0 Å². The van der Waals surface area contributed by atoms with E-state index in [4.69, 9.17) is 0 Å². The molecule has 1 aliphatic rings. The highest BCUT2D eigenvalue weighted by Gasteiger charge is 2.39. The highest BCUT2D eigenvalue weighted by molar-refractivity contribution is 5.98. The minimum atomic E-state index is -0.355. The van der Waals surface area contributed by atoms with Gasteiger partial charge in [0, 0.05) is 36.8 Å². The lowest BCUT2D eigenvalue weighted by atomic mass is 10.1. The molecule has 1 aromatic carbocycles. The molecule has 1 fully saturated rings. The van der Waals surface area contributed by atoms with Crippen molar-refractivity contribution in [2.45, 2.75) is 39.7 Å². The zero-order valence-corrected chi connectivity index (χ0v) is 14.0. The second kappa shape index (κ2) is 6.40. The van der Waals surface area contributed by atoms with Crippen LogP contribution in [0.5, 0.6) is 0 Å². The van der Waals surface area contributed by atoms with Crippen LogP contribution in [0.25, 0.3) is 0 Å². The van der Waals surface area contributed by atoms with Gasteiger partial charge in [0.05, 0.1) is 5.92 Å². The quantitative estimate of drug-likeness (QED) is 0.897. The fraction of sp³-hybridized carbons (Fsp3) is 0.471.